The van der Waals surface area contributed by atoms with Gasteiger partial charge in [0.05, 0.1) is 10.0 Å². The van der Waals surface area contributed by atoms with Crippen molar-refractivity contribution in [2.45, 2.75) is 39.0 Å². The first-order valence-electron chi connectivity index (χ1n) is 8.48. The van der Waals surface area contributed by atoms with Crippen LogP contribution in [-0.4, -0.2) is 37.0 Å². The van der Waals surface area contributed by atoms with E-state index in [4.69, 9.17) is 23.2 Å². The van der Waals surface area contributed by atoms with E-state index in [-0.39, 0.29) is 5.91 Å². The number of nitrogens with zero attached hydrogens (tertiary/aromatic N) is 1. The quantitative estimate of drug-likeness (QED) is 0.743. The molecule has 1 aromatic rings. The van der Waals surface area contributed by atoms with Crippen LogP contribution in [0.3, 0.4) is 0 Å². The van der Waals surface area contributed by atoms with Gasteiger partial charge in [0, 0.05) is 13.0 Å². The molecular formula is C18H26Cl2N2O. The van der Waals surface area contributed by atoms with E-state index < -0.39 is 0 Å². The van der Waals surface area contributed by atoms with E-state index in [1.165, 1.54) is 25.9 Å². The Morgan fingerprint density at radius 2 is 2.04 bits per heavy atom. The Kier molecular flexibility index (Phi) is 7.68. The molecule has 0 bridgehead atoms. The van der Waals surface area contributed by atoms with Gasteiger partial charge in [-0.25, -0.2) is 0 Å². The van der Waals surface area contributed by atoms with Gasteiger partial charge in [0.1, 0.15) is 0 Å². The first kappa shape index (κ1) is 18.6. The first-order chi connectivity index (χ1) is 11.1. The minimum Gasteiger partial charge on any atom is -0.356 e. The standard InChI is InChI=1S/C18H26Cl2N2O/c1-14-8-12-22(13-9-14)11-3-10-21-17(23)7-6-15-4-2-5-16(19)18(15)20/h2,4-5,14H,3,6-13H2,1H3,(H,21,23). The summed E-state index contributed by atoms with van der Waals surface area (Å²) >= 11 is 12.1. The third-order valence-electron chi connectivity index (χ3n) is 4.50. The van der Waals surface area contributed by atoms with Crippen LogP contribution in [0.5, 0.6) is 0 Å². The maximum absolute atomic E-state index is 11.9. The van der Waals surface area contributed by atoms with E-state index in [9.17, 15) is 4.79 Å². The lowest BCUT2D eigenvalue weighted by Crippen LogP contribution is -2.35. The zero-order chi connectivity index (χ0) is 16.7. The van der Waals surface area contributed by atoms with Gasteiger partial charge in [-0.3, -0.25) is 4.79 Å². The van der Waals surface area contributed by atoms with Gasteiger partial charge in [0.2, 0.25) is 5.91 Å². The highest BCUT2D eigenvalue weighted by Crippen LogP contribution is 2.26. The minimum absolute atomic E-state index is 0.0771. The van der Waals surface area contributed by atoms with Crippen molar-refractivity contribution in [1.29, 1.82) is 0 Å². The highest BCUT2D eigenvalue weighted by Gasteiger charge is 2.14. The molecule has 0 radical (unpaired) electrons. The molecule has 0 aromatic heterocycles. The Morgan fingerprint density at radius 1 is 1.30 bits per heavy atom. The number of nitrogens with one attached hydrogen (secondary N) is 1. The number of hydrogen-bond donors (Lipinski definition) is 1. The molecule has 1 N–H and O–H groups in total. The van der Waals surface area contributed by atoms with E-state index in [2.05, 4.69) is 17.1 Å². The Bertz CT molecular complexity index is 514. The fraction of sp³-hybridized carbons (Fsp3) is 0.611. The number of piperidine rings is 1. The van der Waals surface area contributed by atoms with Crippen molar-refractivity contribution < 1.29 is 4.79 Å². The average Bonchev–Trinajstić information content (AvgIpc) is 2.54. The molecule has 1 aromatic carbocycles. The lowest BCUT2D eigenvalue weighted by atomic mass is 9.99. The van der Waals surface area contributed by atoms with Crippen LogP contribution in [0.15, 0.2) is 18.2 Å². The lowest BCUT2D eigenvalue weighted by molar-refractivity contribution is -0.121. The predicted octanol–water partition coefficient (Wildman–Crippen LogP) is 4.16. The molecule has 1 amide bonds. The molecule has 2 rings (SSSR count). The molecular weight excluding hydrogens is 331 g/mol. The second-order valence-corrected chi connectivity index (χ2v) is 7.23. The van der Waals surface area contributed by atoms with Crippen LogP contribution in [0, 0.1) is 5.92 Å². The van der Waals surface area contributed by atoms with Crippen molar-refractivity contribution in [2.75, 3.05) is 26.2 Å². The summed E-state index contributed by atoms with van der Waals surface area (Å²) in [6.45, 7) is 6.54. The van der Waals surface area contributed by atoms with Crippen molar-refractivity contribution in [3.63, 3.8) is 0 Å². The summed E-state index contributed by atoms with van der Waals surface area (Å²) in [5, 5.41) is 4.09. The monoisotopic (exact) mass is 356 g/mol. The molecule has 1 aliphatic rings. The largest absolute Gasteiger partial charge is 0.356 e. The SMILES string of the molecule is CC1CCN(CCCNC(=O)CCc2cccc(Cl)c2Cl)CC1. The normalized spacial score (nSPS) is 16.5. The molecule has 1 fully saturated rings. The van der Waals surface area contributed by atoms with Gasteiger partial charge in [0.25, 0.3) is 0 Å². The molecule has 23 heavy (non-hydrogen) atoms. The predicted molar refractivity (Wildman–Crippen MR) is 97.2 cm³/mol. The van der Waals surface area contributed by atoms with Gasteiger partial charge >= 0.3 is 0 Å². The summed E-state index contributed by atoms with van der Waals surface area (Å²) < 4.78 is 0. The molecule has 1 saturated heterocycles. The van der Waals surface area contributed by atoms with Gasteiger partial charge in [0.15, 0.2) is 0 Å². The third-order valence-corrected chi connectivity index (χ3v) is 5.36. The van der Waals surface area contributed by atoms with Gasteiger partial charge in [-0.1, -0.05) is 42.3 Å². The molecule has 0 atom stereocenters. The summed E-state index contributed by atoms with van der Waals surface area (Å²) in [6, 6.07) is 5.54. The second kappa shape index (κ2) is 9.51. The van der Waals surface area contributed by atoms with Crippen LogP contribution >= 0.6 is 23.2 Å². The van der Waals surface area contributed by atoms with Crippen LogP contribution in [-0.2, 0) is 11.2 Å². The average molecular weight is 357 g/mol. The number of rotatable bonds is 7. The maximum Gasteiger partial charge on any atom is 0.220 e. The molecule has 3 nitrogen and oxygen atoms in total. The Labute approximate surface area is 149 Å². The smallest absolute Gasteiger partial charge is 0.220 e. The summed E-state index contributed by atoms with van der Waals surface area (Å²) in [5.41, 5.74) is 0.928. The van der Waals surface area contributed by atoms with E-state index in [0.717, 1.165) is 31.0 Å². The number of carbonyl (C=O) groups excluding carboxylic acids is 1. The Hall–Kier alpha value is -0.770. The van der Waals surface area contributed by atoms with Crippen molar-refractivity contribution in [3.8, 4) is 0 Å². The molecule has 1 heterocycles. The fourth-order valence-corrected chi connectivity index (χ4v) is 3.31. The van der Waals surface area contributed by atoms with Gasteiger partial charge in [-0.2, -0.15) is 0 Å². The van der Waals surface area contributed by atoms with Crippen LogP contribution in [0.2, 0.25) is 10.0 Å². The molecule has 0 spiro atoms. The number of aryl methyl sites for hydroxylation is 1. The van der Waals surface area contributed by atoms with Gasteiger partial charge in [-0.05, 0) is 62.9 Å². The van der Waals surface area contributed by atoms with E-state index >= 15 is 0 Å². The lowest BCUT2D eigenvalue weighted by Gasteiger charge is -2.30. The molecule has 0 unspecified atom stereocenters. The van der Waals surface area contributed by atoms with Crippen molar-refractivity contribution in [1.82, 2.24) is 10.2 Å². The Morgan fingerprint density at radius 3 is 2.78 bits per heavy atom. The zero-order valence-electron chi connectivity index (χ0n) is 13.8. The molecule has 128 valence electrons. The summed E-state index contributed by atoms with van der Waals surface area (Å²) in [5.74, 6) is 0.942. The molecule has 0 aliphatic carbocycles. The van der Waals surface area contributed by atoms with E-state index in [1.807, 2.05) is 12.1 Å². The molecule has 5 heteroatoms. The summed E-state index contributed by atoms with van der Waals surface area (Å²) in [6.07, 6.45) is 4.67. The Balaban J connectivity index is 1.59. The number of amides is 1. The third kappa shape index (κ3) is 6.33. The van der Waals surface area contributed by atoms with Crippen LogP contribution in [0.1, 0.15) is 38.2 Å². The number of benzene rings is 1. The molecule has 1 aliphatic heterocycles. The molecule has 0 saturated carbocycles. The van der Waals surface area contributed by atoms with Crippen LogP contribution in [0.25, 0.3) is 0 Å². The number of halogens is 2. The number of likely N-dealkylation sites (tertiary alicyclic amines) is 1. The van der Waals surface area contributed by atoms with Crippen LogP contribution in [0.4, 0.5) is 0 Å². The summed E-state index contributed by atoms with van der Waals surface area (Å²) in [7, 11) is 0. The topological polar surface area (TPSA) is 32.3 Å². The van der Waals surface area contributed by atoms with Crippen molar-refractivity contribution in [2.24, 2.45) is 5.92 Å². The number of carbonyl (C=O) groups is 1. The van der Waals surface area contributed by atoms with E-state index in [0.29, 0.717) is 22.9 Å². The highest BCUT2D eigenvalue weighted by atomic mass is 35.5. The van der Waals surface area contributed by atoms with Crippen molar-refractivity contribution in [3.05, 3.63) is 33.8 Å². The first-order valence-corrected chi connectivity index (χ1v) is 9.24. The maximum atomic E-state index is 11.9. The zero-order valence-corrected chi connectivity index (χ0v) is 15.3. The second-order valence-electron chi connectivity index (χ2n) is 6.44. The highest BCUT2D eigenvalue weighted by molar-refractivity contribution is 6.42. The van der Waals surface area contributed by atoms with Gasteiger partial charge in [-0.15, -0.1) is 0 Å². The van der Waals surface area contributed by atoms with E-state index in [1.54, 1.807) is 6.07 Å². The fourth-order valence-electron chi connectivity index (χ4n) is 2.89. The van der Waals surface area contributed by atoms with Crippen molar-refractivity contribution >= 4 is 29.1 Å². The van der Waals surface area contributed by atoms with Crippen LogP contribution < -0.4 is 5.32 Å². The van der Waals surface area contributed by atoms with Gasteiger partial charge < -0.3 is 10.2 Å². The minimum atomic E-state index is 0.0771. The summed E-state index contributed by atoms with van der Waals surface area (Å²) in [4.78, 5) is 14.4. The number of hydrogen-bond acceptors (Lipinski definition) is 2.